The maximum atomic E-state index is 12.2. The van der Waals surface area contributed by atoms with Crippen LogP contribution in [0.3, 0.4) is 0 Å². The molecule has 0 saturated heterocycles. The van der Waals surface area contributed by atoms with E-state index in [0.717, 1.165) is 25.7 Å². The number of aromatic hydroxyl groups is 1. The second kappa shape index (κ2) is 9.82. The van der Waals surface area contributed by atoms with Gasteiger partial charge < -0.3 is 14.6 Å². The van der Waals surface area contributed by atoms with Crippen molar-refractivity contribution in [2.24, 2.45) is 0 Å². The number of ether oxygens (including phenoxy) is 2. The zero-order valence-electron chi connectivity index (χ0n) is 18.6. The Balaban J connectivity index is 2.09. The van der Waals surface area contributed by atoms with Crippen molar-refractivity contribution >= 4 is 12.0 Å². The normalized spacial score (nSPS) is 18.1. The molecule has 0 fully saturated rings. The minimum Gasteiger partial charge on any atom is -0.506 e. The van der Waals surface area contributed by atoms with Crippen LogP contribution >= 0.6 is 0 Å². The molecule has 1 unspecified atom stereocenters. The Hall–Kier alpha value is -2.49. The van der Waals surface area contributed by atoms with Crippen LogP contribution in [0.5, 0.6) is 11.5 Å². The summed E-state index contributed by atoms with van der Waals surface area (Å²) in [5, 5.41) is 10.6. The van der Waals surface area contributed by atoms with E-state index in [4.69, 9.17) is 9.47 Å². The first-order valence-corrected chi connectivity index (χ1v) is 10.4. The van der Waals surface area contributed by atoms with Gasteiger partial charge in [0.2, 0.25) is 0 Å². The number of hydrogen-bond donors (Lipinski definition) is 1. The van der Waals surface area contributed by atoms with E-state index in [9.17, 15) is 9.90 Å². The quantitative estimate of drug-likeness (QED) is 0.400. The molecule has 158 valence electrons. The molecular formula is C25H34O4. The number of phenolic OH excluding ortho intramolecular Hbond substituents is 1. The standard InChI is InChI=1S/C25H34O4/c1-7-28-24(27)22-19(5)16-21-20(23(22)26)13-15-25(6,29-21)14-9-12-18(4)11-8-10-17(2)3/h10,12-13,15-16,26H,7-9,11,14H2,1-6H3/b18-12+. The largest absolute Gasteiger partial charge is 0.506 e. The van der Waals surface area contributed by atoms with Crippen molar-refractivity contribution in [1.82, 2.24) is 0 Å². The molecule has 29 heavy (non-hydrogen) atoms. The minimum absolute atomic E-state index is 0.0771. The van der Waals surface area contributed by atoms with E-state index in [2.05, 4.69) is 32.9 Å². The molecule has 0 amide bonds. The molecule has 0 aromatic heterocycles. The van der Waals surface area contributed by atoms with Gasteiger partial charge in [-0.3, -0.25) is 0 Å². The van der Waals surface area contributed by atoms with Crippen molar-refractivity contribution in [2.45, 2.75) is 72.8 Å². The third kappa shape index (κ3) is 5.99. The predicted molar refractivity (Wildman–Crippen MR) is 119 cm³/mol. The Morgan fingerprint density at radius 3 is 2.62 bits per heavy atom. The maximum absolute atomic E-state index is 12.2. The van der Waals surface area contributed by atoms with Gasteiger partial charge in [-0.05, 0) is 91.0 Å². The molecule has 1 aromatic carbocycles. The lowest BCUT2D eigenvalue weighted by Crippen LogP contribution is -2.32. The molecule has 1 aliphatic heterocycles. The lowest BCUT2D eigenvalue weighted by molar-refractivity contribution is 0.0522. The fourth-order valence-corrected chi connectivity index (χ4v) is 3.47. The summed E-state index contributed by atoms with van der Waals surface area (Å²) in [6, 6.07) is 1.81. The number of fused-ring (bicyclic) bond motifs is 1. The zero-order chi connectivity index (χ0) is 21.6. The second-order valence-electron chi connectivity index (χ2n) is 8.21. The van der Waals surface area contributed by atoms with Crippen molar-refractivity contribution in [2.75, 3.05) is 6.61 Å². The SMILES string of the molecule is CCOC(=O)c1c(C)cc2c(c1O)C=CC(C)(CC/C=C(\C)CCC=C(C)C)O2. The van der Waals surface area contributed by atoms with Gasteiger partial charge in [0.1, 0.15) is 22.7 Å². The lowest BCUT2D eigenvalue weighted by Gasteiger charge is -2.32. The Labute approximate surface area is 174 Å². The van der Waals surface area contributed by atoms with Crippen molar-refractivity contribution in [1.29, 1.82) is 0 Å². The van der Waals surface area contributed by atoms with Gasteiger partial charge in [-0.2, -0.15) is 0 Å². The summed E-state index contributed by atoms with van der Waals surface area (Å²) in [5.41, 5.74) is 3.68. The molecule has 1 N–H and O–H groups in total. The smallest absolute Gasteiger partial charge is 0.342 e. The molecule has 1 aromatic rings. The highest BCUT2D eigenvalue weighted by Gasteiger charge is 2.30. The van der Waals surface area contributed by atoms with Crippen molar-refractivity contribution in [3.8, 4) is 11.5 Å². The maximum Gasteiger partial charge on any atom is 0.342 e. The fourth-order valence-electron chi connectivity index (χ4n) is 3.47. The first-order valence-electron chi connectivity index (χ1n) is 10.4. The van der Waals surface area contributed by atoms with Crippen molar-refractivity contribution in [3.05, 3.63) is 52.1 Å². The fraction of sp³-hybridized carbons (Fsp3) is 0.480. The Morgan fingerprint density at radius 2 is 1.97 bits per heavy atom. The Morgan fingerprint density at radius 1 is 1.24 bits per heavy atom. The molecule has 0 aliphatic carbocycles. The average molecular weight is 399 g/mol. The molecule has 1 heterocycles. The zero-order valence-corrected chi connectivity index (χ0v) is 18.6. The summed E-state index contributed by atoms with van der Waals surface area (Å²) in [4.78, 5) is 12.2. The topological polar surface area (TPSA) is 55.8 Å². The summed E-state index contributed by atoms with van der Waals surface area (Å²) in [6.45, 7) is 12.3. The van der Waals surface area contributed by atoms with Crippen LogP contribution in [0.1, 0.15) is 81.8 Å². The monoisotopic (exact) mass is 398 g/mol. The summed E-state index contributed by atoms with van der Waals surface area (Å²) in [6.07, 6.45) is 12.3. The number of esters is 1. The number of carbonyl (C=O) groups excluding carboxylic acids is 1. The van der Waals surface area contributed by atoms with Crippen LogP contribution in [0.25, 0.3) is 6.08 Å². The molecule has 4 heteroatoms. The number of rotatable bonds is 8. The highest BCUT2D eigenvalue weighted by atomic mass is 16.5. The minimum atomic E-state index is -0.513. The van der Waals surface area contributed by atoms with Crippen LogP contribution in [0.2, 0.25) is 0 Å². The summed E-state index contributed by atoms with van der Waals surface area (Å²) in [7, 11) is 0. The van der Waals surface area contributed by atoms with Crippen LogP contribution in [0.15, 0.2) is 35.4 Å². The molecule has 1 aliphatic rings. The number of allylic oxidation sites excluding steroid dienone is 4. The van der Waals surface area contributed by atoms with Crippen LogP contribution in [-0.2, 0) is 4.74 Å². The second-order valence-corrected chi connectivity index (χ2v) is 8.21. The van der Waals surface area contributed by atoms with Crippen LogP contribution < -0.4 is 4.74 Å². The van der Waals surface area contributed by atoms with E-state index >= 15 is 0 Å². The molecule has 1 atom stereocenters. The van der Waals surface area contributed by atoms with E-state index < -0.39 is 11.6 Å². The molecule has 2 rings (SSSR count). The van der Waals surface area contributed by atoms with Gasteiger partial charge in [0.25, 0.3) is 0 Å². The summed E-state index contributed by atoms with van der Waals surface area (Å²) >= 11 is 0. The predicted octanol–water partition coefficient (Wildman–Crippen LogP) is 6.51. The van der Waals surface area contributed by atoms with E-state index in [1.807, 2.05) is 25.1 Å². The summed E-state index contributed by atoms with van der Waals surface area (Å²) < 4.78 is 11.3. The molecule has 0 bridgehead atoms. The van der Waals surface area contributed by atoms with E-state index in [-0.39, 0.29) is 17.9 Å². The first kappa shape index (κ1) is 22.8. The highest BCUT2D eigenvalue weighted by molar-refractivity contribution is 5.96. The van der Waals surface area contributed by atoms with Gasteiger partial charge in [0, 0.05) is 0 Å². The van der Waals surface area contributed by atoms with Gasteiger partial charge in [-0.15, -0.1) is 0 Å². The number of benzene rings is 1. The van der Waals surface area contributed by atoms with Gasteiger partial charge in [0.05, 0.1) is 12.2 Å². The van der Waals surface area contributed by atoms with Gasteiger partial charge in [-0.25, -0.2) is 4.79 Å². The van der Waals surface area contributed by atoms with Crippen LogP contribution in [-0.4, -0.2) is 23.3 Å². The van der Waals surface area contributed by atoms with Gasteiger partial charge in [0.15, 0.2) is 0 Å². The molecule has 0 spiro atoms. The molecule has 0 saturated carbocycles. The van der Waals surface area contributed by atoms with Gasteiger partial charge in [-0.1, -0.05) is 23.3 Å². The average Bonchev–Trinajstić information content (AvgIpc) is 2.61. The van der Waals surface area contributed by atoms with E-state index in [1.165, 1.54) is 11.1 Å². The third-order valence-corrected chi connectivity index (χ3v) is 5.15. The van der Waals surface area contributed by atoms with Crippen LogP contribution in [0.4, 0.5) is 0 Å². The van der Waals surface area contributed by atoms with E-state index in [1.54, 1.807) is 13.8 Å². The number of carbonyl (C=O) groups is 1. The molecular weight excluding hydrogens is 364 g/mol. The van der Waals surface area contributed by atoms with E-state index in [0.29, 0.717) is 16.9 Å². The highest BCUT2D eigenvalue weighted by Crippen LogP contribution is 2.41. The Kier molecular flexibility index (Phi) is 7.72. The molecule has 4 nitrogen and oxygen atoms in total. The lowest BCUT2D eigenvalue weighted by atomic mass is 9.92. The molecule has 0 radical (unpaired) electrons. The van der Waals surface area contributed by atoms with Crippen molar-refractivity contribution in [3.63, 3.8) is 0 Å². The summed E-state index contributed by atoms with van der Waals surface area (Å²) in [5.74, 6) is 0.00910. The Bertz CT molecular complexity index is 841. The van der Waals surface area contributed by atoms with Gasteiger partial charge >= 0.3 is 5.97 Å². The number of hydrogen-bond acceptors (Lipinski definition) is 4. The number of aryl methyl sites for hydroxylation is 1. The first-order chi connectivity index (χ1) is 13.7. The van der Waals surface area contributed by atoms with Crippen molar-refractivity contribution < 1.29 is 19.4 Å². The van der Waals surface area contributed by atoms with Crippen LogP contribution in [0, 0.1) is 6.92 Å². The number of phenols is 1. The third-order valence-electron chi connectivity index (χ3n) is 5.15.